The van der Waals surface area contributed by atoms with E-state index in [0.29, 0.717) is 6.54 Å². The molecule has 1 amide bonds. The monoisotopic (exact) mass is 421 g/mol. The maximum Gasteiger partial charge on any atom is 0.312 e. The van der Waals surface area contributed by atoms with Crippen molar-refractivity contribution in [3.05, 3.63) is 63.7 Å². The number of carbonyl (C=O) groups excluding carboxylic acids is 1. The number of amides is 1. The maximum absolute atomic E-state index is 12.4. The fourth-order valence-electron chi connectivity index (χ4n) is 2.68. The molecule has 156 valence electrons. The molecule has 0 bridgehead atoms. The number of methoxy groups -OCH3 is 1. The Morgan fingerprint density at radius 1 is 1.24 bits per heavy atom. The van der Waals surface area contributed by atoms with Crippen LogP contribution < -0.4 is 9.46 Å². The highest BCUT2D eigenvalue weighted by molar-refractivity contribution is 7.89. The zero-order valence-electron chi connectivity index (χ0n) is 16.4. The van der Waals surface area contributed by atoms with Gasteiger partial charge in [0.05, 0.1) is 16.9 Å². The third kappa shape index (κ3) is 5.75. The molecule has 0 spiro atoms. The van der Waals surface area contributed by atoms with E-state index in [4.69, 9.17) is 4.74 Å². The molecule has 0 heterocycles. The Bertz CT molecular complexity index is 1010. The zero-order valence-corrected chi connectivity index (χ0v) is 17.2. The molecule has 1 N–H and O–H groups in total. The Hall–Kier alpha value is -2.98. The van der Waals surface area contributed by atoms with Crippen molar-refractivity contribution < 1.29 is 22.9 Å². The third-order valence-electron chi connectivity index (χ3n) is 4.38. The molecule has 0 aromatic heterocycles. The average molecular weight is 421 g/mol. The summed E-state index contributed by atoms with van der Waals surface area (Å²) in [7, 11) is -1.10. The summed E-state index contributed by atoms with van der Waals surface area (Å²) in [6.45, 7) is 2.25. The van der Waals surface area contributed by atoms with E-state index in [1.54, 1.807) is 7.05 Å². The summed E-state index contributed by atoms with van der Waals surface area (Å²) in [6, 6.07) is 11.0. The fourth-order valence-corrected chi connectivity index (χ4v) is 3.73. The SMILES string of the molecule is COc1ccc(S(=O)(=O)NCCC(=O)N(C)Cc2ccccc2C)cc1[N+](=O)[O-]. The summed E-state index contributed by atoms with van der Waals surface area (Å²) in [6.07, 6.45) is -0.0418. The van der Waals surface area contributed by atoms with Crippen LogP contribution in [0.5, 0.6) is 5.75 Å². The van der Waals surface area contributed by atoms with Gasteiger partial charge in [-0.05, 0) is 30.2 Å². The molecular formula is C19H23N3O6S. The van der Waals surface area contributed by atoms with Gasteiger partial charge < -0.3 is 9.64 Å². The van der Waals surface area contributed by atoms with Gasteiger partial charge in [-0.15, -0.1) is 0 Å². The van der Waals surface area contributed by atoms with E-state index in [9.17, 15) is 23.3 Å². The number of sulfonamides is 1. The molecule has 2 rings (SSSR count). The van der Waals surface area contributed by atoms with Gasteiger partial charge >= 0.3 is 5.69 Å². The van der Waals surface area contributed by atoms with E-state index in [-0.39, 0.29) is 29.5 Å². The van der Waals surface area contributed by atoms with Crippen LogP contribution in [-0.4, -0.2) is 44.9 Å². The number of ether oxygens (including phenoxy) is 1. The van der Waals surface area contributed by atoms with E-state index in [2.05, 4.69) is 4.72 Å². The molecule has 9 nitrogen and oxygen atoms in total. The second-order valence-corrected chi connectivity index (χ2v) is 8.18. The summed E-state index contributed by atoms with van der Waals surface area (Å²) in [4.78, 5) is 23.9. The minimum absolute atomic E-state index is 0.0399. The molecular weight excluding hydrogens is 398 g/mol. The highest BCUT2D eigenvalue weighted by atomic mass is 32.2. The number of hydrogen-bond acceptors (Lipinski definition) is 6. The van der Waals surface area contributed by atoms with Crippen LogP contribution in [0.25, 0.3) is 0 Å². The minimum atomic E-state index is -4.01. The molecule has 0 saturated heterocycles. The average Bonchev–Trinajstić information content (AvgIpc) is 2.68. The van der Waals surface area contributed by atoms with Gasteiger partial charge in [-0.3, -0.25) is 14.9 Å². The minimum Gasteiger partial charge on any atom is -0.490 e. The second-order valence-electron chi connectivity index (χ2n) is 6.41. The third-order valence-corrected chi connectivity index (χ3v) is 5.84. The van der Waals surface area contributed by atoms with Crippen LogP contribution in [0.2, 0.25) is 0 Å². The Balaban J connectivity index is 1.98. The van der Waals surface area contributed by atoms with Gasteiger partial charge in [-0.1, -0.05) is 24.3 Å². The molecule has 0 unspecified atom stereocenters. The molecule has 0 aliphatic carbocycles. The first-order valence-corrected chi connectivity index (χ1v) is 10.2. The van der Waals surface area contributed by atoms with E-state index in [1.165, 1.54) is 24.1 Å². The lowest BCUT2D eigenvalue weighted by Gasteiger charge is -2.18. The quantitative estimate of drug-likeness (QED) is 0.490. The van der Waals surface area contributed by atoms with Crippen molar-refractivity contribution in [2.75, 3.05) is 20.7 Å². The molecule has 0 atom stereocenters. The predicted molar refractivity (Wildman–Crippen MR) is 107 cm³/mol. The van der Waals surface area contributed by atoms with Crippen molar-refractivity contribution in [3.63, 3.8) is 0 Å². The molecule has 0 aliphatic heterocycles. The van der Waals surface area contributed by atoms with Gasteiger partial charge in [0.1, 0.15) is 0 Å². The first kappa shape index (κ1) is 22.3. The van der Waals surface area contributed by atoms with Crippen molar-refractivity contribution in [2.24, 2.45) is 0 Å². The summed E-state index contributed by atoms with van der Waals surface area (Å²) in [5, 5.41) is 11.1. The van der Waals surface area contributed by atoms with Crippen LogP contribution in [0.1, 0.15) is 17.5 Å². The van der Waals surface area contributed by atoms with Crippen molar-refractivity contribution >= 4 is 21.6 Å². The molecule has 10 heteroatoms. The van der Waals surface area contributed by atoms with Gasteiger partial charge in [0, 0.05) is 32.6 Å². The molecule has 2 aromatic carbocycles. The fraction of sp³-hybridized carbons (Fsp3) is 0.316. The van der Waals surface area contributed by atoms with Crippen LogP contribution >= 0.6 is 0 Å². The molecule has 0 aliphatic rings. The van der Waals surface area contributed by atoms with Crippen LogP contribution in [0, 0.1) is 17.0 Å². The zero-order chi connectivity index (χ0) is 21.6. The molecule has 0 saturated carbocycles. The Morgan fingerprint density at radius 3 is 2.55 bits per heavy atom. The summed E-state index contributed by atoms with van der Waals surface area (Å²) >= 11 is 0. The van der Waals surface area contributed by atoms with Crippen molar-refractivity contribution in [3.8, 4) is 5.75 Å². The molecule has 2 aromatic rings. The number of benzene rings is 2. The normalized spacial score (nSPS) is 11.1. The first-order chi connectivity index (χ1) is 13.7. The lowest BCUT2D eigenvalue weighted by molar-refractivity contribution is -0.386. The summed E-state index contributed by atoms with van der Waals surface area (Å²) < 4.78 is 32.0. The lowest BCUT2D eigenvalue weighted by atomic mass is 10.1. The first-order valence-electron chi connectivity index (χ1n) is 8.76. The Morgan fingerprint density at radius 2 is 1.93 bits per heavy atom. The Labute approximate surface area is 169 Å². The standard InChI is InChI=1S/C19H23N3O6S/c1-14-6-4-5-7-15(14)13-21(2)19(23)10-11-20-29(26,27)16-8-9-18(28-3)17(12-16)22(24)25/h4-9,12,20H,10-11,13H2,1-3H3. The number of aryl methyl sites for hydroxylation is 1. The van der Waals surface area contributed by atoms with E-state index in [0.717, 1.165) is 17.2 Å². The second kappa shape index (κ2) is 9.48. The number of nitrogens with zero attached hydrogens (tertiary/aromatic N) is 2. The molecule has 0 fully saturated rings. The van der Waals surface area contributed by atoms with E-state index < -0.39 is 20.6 Å². The number of rotatable bonds is 9. The summed E-state index contributed by atoms with van der Waals surface area (Å²) in [5.41, 5.74) is 1.62. The number of nitro benzene ring substituents is 1. The van der Waals surface area contributed by atoms with Crippen LogP contribution in [0.3, 0.4) is 0 Å². The molecule has 0 radical (unpaired) electrons. The van der Waals surface area contributed by atoms with Crippen LogP contribution in [0.4, 0.5) is 5.69 Å². The van der Waals surface area contributed by atoms with Gasteiger partial charge in [0.25, 0.3) is 0 Å². The van der Waals surface area contributed by atoms with Crippen molar-refractivity contribution in [1.82, 2.24) is 9.62 Å². The maximum atomic E-state index is 12.4. The number of carbonyl (C=O) groups is 1. The highest BCUT2D eigenvalue weighted by Gasteiger charge is 2.22. The predicted octanol–water partition coefficient (Wildman–Crippen LogP) is 2.24. The summed E-state index contributed by atoms with van der Waals surface area (Å²) in [5.74, 6) is -0.265. The van der Waals surface area contributed by atoms with Crippen LogP contribution in [-0.2, 0) is 21.4 Å². The largest absolute Gasteiger partial charge is 0.490 e. The van der Waals surface area contributed by atoms with Gasteiger partial charge in [0.15, 0.2) is 5.75 Å². The van der Waals surface area contributed by atoms with Gasteiger partial charge in [0.2, 0.25) is 15.9 Å². The van der Waals surface area contributed by atoms with Gasteiger partial charge in [-0.25, -0.2) is 13.1 Å². The van der Waals surface area contributed by atoms with Crippen molar-refractivity contribution in [2.45, 2.75) is 24.8 Å². The highest BCUT2D eigenvalue weighted by Crippen LogP contribution is 2.29. The lowest BCUT2D eigenvalue weighted by Crippen LogP contribution is -2.32. The van der Waals surface area contributed by atoms with Gasteiger partial charge in [-0.2, -0.15) is 0 Å². The number of nitrogens with one attached hydrogen (secondary N) is 1. The van der Waals surface area contributed by atoms with E-state index >= 15 is 0 Å². The smallest absolute Gasteiger partial charge is 0.312 e. The number of nitro groups is 1. The van der Waals surface area contributed by atoms with E-state index in [1.807, 2.05) is 31.2 Å². The van der Waals surface area contributed by atoms with Crippen molar-refractivity contribution in [1.29, 1.82) is 0 Å². The van der Waals surface area contributed by atoms with Crippen LogP contribution in [0.15, 0.2) is 47.4 Å². The molecule has 29 heavy (non-hydrogen) atoms. The Kier molecular flexibility index (Phi) is 7.29. The topological polar surface area (TPSA) is 119 Å². The number of hydrogen-bond donors (Lipinski definition) is 1.